The highest BCUT2D eigenvalue weighted by Gasteiger charge is 2.14. The van der Waals surface area contributed by atoms with Gasteiger partial charge in [0.05, 0.1) is 25.3 Å². The Labute approximate surface area is 147 Å². The van der Waals surface area contributed by atoms with Gasteiger partial charge in [-0.3, -0.25) is 9.59 Å². The number of hydrogen-bond acceptors (Lipinski definition) is 3. The maximum Gasteiger partial charge on any atom is 0.267 e. The summed E-state index contributed by atoms with van der Waals surface area (Å²) in [7, 11) is 1.58. The largest absolute Gasteiger partial charge is 0.497 e. The number of carbonyl (C=O) groups excluding carboxylic acids is 2. The molecule has 0 aliphatic rings. The summed E-state index contributed by atoms with van der Waals surface area (Å²) in [5.74, 6) is 0.0277. The molecule has 0 radical (unpaired) electrons. The quantitative estimate of drug-likeness (QED) is 0.763. The summed E-state index contributed by atoms with van der Waals surface area (Å²) in [6.07, 6.45) is 0.157. The van der Waals surface area contributed by atoms with Crippen molar-refractivity contribution in [2.24, 2.45) is 0 Å². The molecule has 1 atom stereocenters. The molecule has 0 spiro atoms. The molecule has 0 unspecified atom stereocenters. The SMILES string of the molecule is C=C(NC(=O)Cc1ccc(OC)cc1)C(=O)N[C@@H](C)c1ccccc1. The lowest BCUT2D eigenvalue weighted by Gasteiger charge is -2.15. The van der Waals surface area contributed by atoms with E-state index in [4.69, 9.17) is 4.74 Å². The minimum Gasteiger partial charge on any atom is -0.497 e. The molecule has 5 nitrogen and oxygen atoms in total. The van der Waals surface area contributed by atoms with E-state index < -0.39 is 5.91 Å². The molecule has 0 aliphatic heterocycles. The molecule has 25 heavy (non-hydrogen) atoms. The van der Waals surface area contributed by atoms with Gasteiger partial charge < -0.3 is 15.4 Å². The van der Waals surface area contributed by atoms with Gasteiger partial charge in [0.2, 0.25) is 5.91 Å². The van der Waals surface area contributed by atoms with Gasteiger partial charge in [0.15, 0.2) is 0 Å². The van der Waals surface area contributed by atoms with Crippen LogP contribution in [0, 0.1) is 0 Å². The van der Waals surface area contributed by atoms with E-state index in [1.165, 1.54) is 0 Å². The number of benzene rings is 2. The van der Waals surface area contributed by atoms with Gasteiger partial charge in [0.25, 0.3) is 5.91 Å². The number of ether oxygens (including phenoxy) is 1. The van der Waals surface area contributed by atoms with Crippen LogP contribution in [0.3, 0.4) is 0 Å². The van der Waals surface area contributed by atoms with Gasteiger partial charge in [0.1, 0.15) is 5.75 Å². The van der Waals surface area contributed by atoms with Gasteiger partial charge in [-0.1, -0.05) is 49.0 Å². The first kappa shape index (κ1) is 18.3. The van der Waals surface area contributed by atoms with Gasteiger partial charge in [0, 0.05) is 0 Å². The van der Waals surface area contributed by atoms with Gasteiger partial charge in [-0.25, -0.2) is 0 Å². The molecule has 0 fully saturated rings. The molecule has 130 valence electrons. The number of carbonyl (C=O) groups is 2. The molecule has 2 rings (SSSR count). The minimum absolute atomic E-state index is 0.0290. The summed E-state index contributed by atoms with van der Waals surface area (Å²) in [6.45, 7) is 5.52. The Kier molecular flexibility index (Phi) is 6.34. The molecular weight excluding hydrogens is 316 g/mol. The van der Waals surface area contributed by atoms with Gasteiger partial charge in [-0.15, -0.1) is 0 Å². The second kappa shape index (κ2) is 8.68. The Balaban J connectivity index is 1.85. The average molecular weight is 338 g/mol. The maximum atomic E-state index is 12.2. The normalized spacial score (nSPS) is 11.3. The van der Waals surface area contributed by atoms with Crippen LogP contribution in [0.4, 0.5) is 0 Å². The van der Waals surface area contributed by atoms with Crippen molar-refractivity contribution in [3.8, 4) is 5.75 Å². The smallest absolute Gasteiger partial charge is 0.267 e. The third-order valence-corrected chi connectivity index (χ3v) is 3.74. The molecule has 0 heterocycles. The Morgan fingerprint density at radius 1 is 1.08 bits per heavy atom. The predicted octanol–water partition coefficient (Wildman–Crippen LogP) is 2.75. The van der Waals surface area contributed by atoms with E-state index in [2.05, 4.69) is 17.2 Å². The topological polar surface area (TPSA) is 67.4 Å². The van der Waals surface area contributed by atoms with Crippen LogP contribution in [0.25, 0.3) is 0 Å². The van der Waals surface area contributed by atoms with Gasteiger partial charge in [-0.2, -0.15) is 0 Å². The third-order valence-electron chi connectivity index (χ3n) is 3.74. The van der Waals surface area contributed by atoms with E-state index in [0.29, 0.717) is 0 Å². The van der Waals surface area contributed by atoms with Gasteiger partial charge in [-0.05, 0) is 30.2 Å². The lowest BCUT2D eigenvalue weighted by atomic mass is 10.1. The molecule has 2 aromatic rings. The van der Waals surface area contributed by atoms with E-state index in [-0.39, 0.29) is 24.1 Å². The van der Waals surface area contributed by atoms with E-state index >= 15 is 0 Å². The molecule has 2 N–H and O–H groups in total. The first-order valence-electron chi connectivity index (χ1n) is 7.97. The average Bonchev–Trinajstić information content (AvgIpc) is 2.62. The van der Waals surface area contributed by atoms with Crippen molar-refractivity contribution in [3.05, 3.63) is 78.0 Å². The molecule has 2 aromatic carbocycles. The van der Waals surface area contributed by atoms with Crippen molar-refractivity contribution >= 4 is 11.8 Å². The van der Waals surface area contributed by atoms with Crippen LogP contribution < -0.4 is 15.4 Å². The van der Waals surface area contributed by atoms with Crippen LogP contribution in [-0.4, -0.2) is 18.9 Å². The second-order valence-corrected chi connectivity index (χ2v) is 5.66. The summed E-state index contributed by atoms with van der Waals surface area (Å²) in [4.78, 5) is 24.2. The fraction of sp³-hybridized carbons (Fsp3) is 0.200. The van der Waals surface area contributed by atoms with E-state index in [1.54, 1.807) is 31.4 Å². The molecule has 0 saturated carbocycles. The van der Waals surface area contributed by atoms with Crippen LogP contribution in [-0.2, 0) is 16.0 Å². The third kappa shape index (κ3) is 5.49. The molecule has 0 saturated heterocycles. The van der Waals surface area contributed by atoms with Crippen molar-refractivity contribution in [2.45, 2.75) is 19.4 Å². The van der Waals surface area contributed by atoms with Crippen LogP contribution in [0.2, 0.25) is 0 Å². The van der Waals surface area contributed by atoms with Crippen molar-refractivity contribution in [3.63, 3.8) is 0 Å². The zero-order chi connectivity index (χ0) is 18.2. The highest BCUT2D eigenvalue weighted by atomic mass is 16.5. The summed E-state index contributed by atoms with van der Waals surface area (Å²) < 4.78 is 5.08. The minimum atomic E-state index is -0.403. The Bertz CT molecular complexity index is 739. The molecule has 0 aliphatic carbocycles. The Hall–Kier alpha value is -3.08. The fourth-order valence-corrected chi connectivity index (χ4v) is 2.31. The van der Waals surface area contributed by atoms with Crippen molar-refractivity contribution in [1.29, 1.82) is 0 Å². The standard InChI is InChI=1S/C20H22N2O3/c1-14(17-7-5-4-6-8-17)22-20(24)15(2)21-19(23)13-16-9-11-18(25-3)12-10-16/h4-12,14H,2,13H2,1,3H3,(H,21,23)(H,22,24)/t14-/m0/s1. The Morgan fingerprint density at radius 2 is 1.72 bits per heavy atom. The van der Waals surface area contributed by atoms with E-state index in [9.17, 15) is 9.59 Å². The lowest BCUT2D eigenvalue weighted by Crippen LogP contribution is -2.36. The first-order valence-corrected chi connectivity index (χ1v) is 7.97. The number of nitrogens with one attached hydrogen (secondary N) is 2. The Morgan fingerprint density at radius 3 is 2.32 bits per heavy atom. The number of rotatable bonds is 7. The lowest BCUT2D eigenvalue weighted by molar-refractivity contribution is -0.123. The van der Waals surface area contributed by atoms with Crippen LogP contribution >= 0.6 is 0 Å². The highest BCUT2D eigenvalue weighted by molar-refractivity contribution is 5.97. The highest BCUT2D eigenvalue weighted by Crippen LogP contribution is 2.13. The monoisotopic (exact) mass is 338 g/mol. The van der Waals surface area contributed by atoms with Gasteiger partial charge >= 0.3 is 0 Å². The fourth-order valence-electron chi connectivity index (χ4n) is 2.31. The van der Waals surface area contributed by atoms with Crippen molar-refractivity contribution in [1.82, 2.24) is 10.6 Å². The molecule has 0 aromatic heterocycles. The van der Waals surface area contributed by atoms with Crippen LogP contribution in [0.1, 0.15) is 24.1 Å². The summed E-state index contributed by atoms with van der Waals surface area (Å²) >= 11 is 0. The van der Waals surface area contributed by atoms with Crippen molar-refractivity contribution < 1.29 is 14.3 Å². The summed E-state index contributed by atoms with van der Waals surface area (Å²) in [6, 6.07) is 16.6. The molecule has 5 heteroatoms. The molecular formula is C20H22N2O3. The number of hydrogen-bond donors (Lipinski definition) is 2. The summed E-state index contributed by atoms with van der Waals surface area (Å²) in [5, 5.41) is 5.35. The van der Waals surface area contributed by atoms with E-state index in [0.717, 1.165) is 16.9 Å². The second-order valence-electron chi connectivity index (χ2n) is 5.66. The van der Waals surface area contributed by atoms with Crippen LogP contribution in [0.5, 0.6) is 5.75 Å². The zero-order valence-corrected chi connectivity index (χ0v) is 14.4. The maximum absolute atomic E-state index is 12.2. The van der Waals surface area contributed by atoms with E-state index in [1.807, 2.05) is 37.3 Å². The predicted molar refractivity (Wildman–Crippen MR) is 97.0 cm³/mol. The number of methoxy groups -OCH3 is 1. The molecule has 0 bridgehead atoms. The summed E-state index contributed by atoms with van der Waals surface area (Å²) in [5.41, 5.74) is 1.83. The zero-order valence-electron chi connectivity index (χ0n) is 14.4. The van der Waals surface area contributed by atoms with Crippen LogP contribution in [0.15, 0.2) is 66.9 Å². The van der Waals surface area contributed by atoms with Crippen molar-refractivity contribution in [2.75, 3.05) is 7.11 Å². The molecule has 2 amide bonds. The number of amides is 2. The first-order chi connectivity index (χ1) is 12.0.